The van der Waals surface area contributed by atoms with Gasteiger partial charge in [0.25, 0.3) is 0 Å². The molecule has 2 nitrogen and oxygen atoms in total. The van der Waals surface area contributed by atoms with Gasteiger partial charge in [-0.05, 0) is 23.8 Å². The van der Waals surface area contributed by atoms with Crippen LogP contribution in [0.5, 0.6) is 5.75 Å². The average Bonchev–Trinajstić information content (AvgIpc) is 2.53. The van der Waals surface area contributed by atoms with Crippen molar-refractivity contribution in [3.8, 4) is 5.75 Å². The standard InChI is InChI=1S/C17H14ClF3O2/c18-11-16(15(22)9-12-5-2-1-3-6-12)23-14-8-4-7-13(10-14)17(19,20)21/h1-8,10,16H,9,11H2. The van der Waals surface area contributed by atoms with Crippen LogP contribution >= 0.6 is 11.6 Å². The fourth-order valence-corrected chi connectivity index (χ4v) is 2.24. The molecule has 0 radical (unpaired) electrons. The maximum absolute atomic E-state index is 12.7. The molecule has 0 fully saturated rings. The van der Waals surface area contributed by atoms with Crippen molar-refractivity contribution in [1.82, 2.24) is 0 Å². The molecule has 0 aromatic heterocycles. The van der Waals surface area contributed by atoms with Crippen LogP contribution in [0, 0.1) is 0 Å². The number of alkyl halides is 4. The number of carbonyl (C=O) groups excluding carboxylic acids is 1. The van der Waals surface area contributed by atoms with Crippen molar-refractivity contribution >= 4 is 17.4 Å². The van der Waals surface area contributed by atoms with E-state index in [1.54, 1.807) is 24.3 Å². The third kappa shape index (κ3) is 4.99. The van der Waals surface area contributed by atoms with Gasteiger partial charge in [0.15, 0.2) is 11.9 Å². The fraction of sp³-hybridized carbons (Fsp3) is 0.235. The van der Waals surface area contributed by atoms with E-state index < -0.39 is 17.8 Å². The van der Waals surface area contributed by atoms with Crippen molar-refractivity contribution in [3.05, 3.63) is 65.7 Å². The number of benzene rings is 2. The number of hydrogen-bond donors (Lipinski definition) is 0. The molecule has 6 heteroatoms. The van der Waals surface area contributed by atoms with Gasteiger partial charge in [0.1, 0.15) is 5.75 Å². The van der Waals surface area contributed by atoms with Gasteiger partial charge in [-0.2, -0.15) is 13.2 Å². The van der Waals surface area contributed by atoms with Gasteiger partial charge in [0.05, 0.1) is 11.4 Å². The number of hydrogen-bond acceptors (Lipinski definition) is 2. The van der Waals surface area contributed by atoms with Crippen LogP contribution in [0.1, 0.15) is 11.1 Å². The first-order valence-electron chi connectivity index (χ1n) is 6.86. The number of halogens is 4. The zero-order valence-electron chi connectivity index (χ0n) is 12.0. The first-order chi connectivity index (χ1) is 10.9. The highest BCUT2D eigenvalue weighted by Gasteiger charge is 2.31. The highest BCUT2D eigenvalue weighted by atomic mass is 35.5. The summed E-state index contributed by atoms with van der Waals surface area (Å²) in [6.45, 7) is 0. The first kappa shape index (κ1) is 17.3. The second-order valence-corrected chi connectivity index (χ2v) is 5.22. The van der Waals surface area contributed by atoms with E-state index in [2.05, 4.69) is 0 Å². The highest BCUT2D eigenvalue weighted by Crippen LogP contribution is 2.31. The normalized spacial score (nSPS) is 12.7. The fourth-order valence-electron chi connectivity index (χ4n) is 2.00. The molecular formula is C17H14ClF3O2. The van der Waals surface area contributed by atoms with Crippen molar-refractivity contribution in [2.24, 2.45) is 0 Å². The van der Waals surface area contributed by atoms with E-state index in [-0.39, 0.29) is 23.8 Å². The third-order valence-electron chi connectivity index (χ3n) is 3.16. The van der Waals surface area contributed by atoms with E-state index >= 15 is 0 Å². The molecule has 1 atom stereocenters. The van der Waals surface area contributed by atoms with E-state index in [9.17, 15) is 18.0 Å². The van der Waals surface area contributed by atoms with Crippen LogP contribution in [0.25, 0.3) is 0 Å². The third-order valence-corrected chi connectivity index (χ3v) is 3.44. The van der Waals surface area contributed by atoms with Gasteiger partial charge in [-0.15, -0.1) is 11.6 Å². The van der Waals surface area contributed by atoms with E-state index in [1.165, 1.54) is 12.1 Å². The molecule has 0 heterocycles. The van der Waals surface area contributed by atoms with Crippen LogP contribution in [0.4, 0.5) is 13.2 Å². The summed E-state index contributed by atoms with van der Waals surface area (Å²) in [5.41, 5.74) is -0.0425. The SMILES string of the molecule is O=C(Cc1ccccc1)C(CCl)Oc1cccc(C(F)(F)F)c1. The van der Waals surface area contributed by atoms with Crippen LogP contribution in [0.2, 0.25) is 0 Å². The number of ketones is 1. The molecule has 1 unspecified atom stereocenters. The molecule has 0 aliphatic heterocycles. The Hall–Kier alpha value is -2.01. The first-order valence-corrected chi connectivity index (χ1v) is 7.40. The highest BCUT2D eigenvalue weighted by molar-refractivity contribution is 6.20. The molecule has 23 heavy (non-hydrogen) atoms. The lowest BCUT2D eigenvalue weighted by molar-refractivity contribution is -0.137. The second kappa shape index (κ2) is 7.51. The Morgan fingerprint density at radius 3 is 2.39 bits per heavy atom. The van der Waals surface area contributed by atoms with Crippen molar-refractivity contribution in [1.29, 1.82) is 0 Å². The molecule has 0 saturated carbocycles. The van der Waals surface area contributed by atoms with Crippen LogP contribution in [0.3, 0.4) is 0 Å². The summed E-state index contributed by atoms with van der Waals surface area (Å²) < 4.78 is 43.4. The lowest BCUT2D eigenvalue weighted by atomic mass is 10.1. The summed E-state index contributed by atoms with van der Waals surface area (Å²) in [6.07, 6.45) is -5.36. The smallest absolute Gasteiger partial charge is 0.416 e. The summed E-state index contributed by atoms with van der Waals surface area (Å²) >= 11 is 5.74. The van der Waals surface area contributed by atoms with Gasteiger partial charge in [-0.25, -0.2) is 0 Å². The summed E-state index contributed by atoms with van der Waals surface area (Å²) in [6, 6.07) is 13.4. The van der Waals surface area contributed by atoms with Gasteiger partial charge in [0, 0.05) is 6.42 Å². The lowest BCUT2D eigenvalue weighted by Gasteiger charge is -2.17. The number of rotatable bonds is 6. The number of ether oxygens (including phenoxy) is 1. The zero-order chi connectivity index (χ0) is 16.9. The van der Waals surface area contributed by atoms with Crippen molar-refractivity contribution in [2.75, 3.05) is 5.88 Å². The maximum Gasteiger partial charge on any atom is 0.416 e. The number of Topliss-reactive ketones (excluding diaryl/α,β-unsaturated/α-hetero) is 1. The molecule has 0 aliphatic carbocycles. The molecule has 122 valence electrons. The molecule has 0 N–H and O–H groups in total. The molecule has 0 aliphatic rings. The van der Waals surface area contributed by atoms with Crippen LogP contribution in [-0.2, 0) is 17.4 Å². The molecule has 0 bridgehead atoms. The Balaban J connectivity index is 2.09. The van der Waals surface area contributed by atoms with Gasteiger partial charge < -0.3 is 4.74 Å². The minimum absolute atomic E-state index is 0.0353. The van der Waals surface area contributed by atoms with E-state index in [0.717, 1.165) is 17.7 Å². The van der Waals surface area contributed by atoms with Crippen molar-refractivity contribution in [2.45, 2.75) is 18.7 Å². The minimum Gasteiger partial charge on any atom is -0.481 e. The Morgan fingerprint density at radius 1 is 1.09 bits per heavy atom. The number of carbonyl (C=O) groups is 1. The average molecular weight is 343 g/mol. The predicted molar refractivity (Wildman–Crippen MR) is 81.7 cm³/mol. The summed E-state index contributed by atoms with van der Waals surface area (Å²) in [4.78, 5) is 12.2. The van der Waals surface area contributed by atoms with E-state index in [0.29, 0.717) is 0 Å². The molecule has 0 amide bonds. The summed E-state index contributed by atoms with van der Waals surface area (Å²) in [5, 5.41) is 0. The van der Waals surface area contributed by atoms with Crippen LogP contribution in [0.15, 0.2) is 54.6 Å². The Kier molecular flexibility index (Phi) is 5.66. The molecular weight excluding hydrogens is 329 g/mol. The minimum atomic E-state index is -4.47. The molecule has 2 rings (SSSR count). The zero-order valence-corrected chi connectivity index (χ0v) is 12.8. The van der Waals surface area contributed by atoms with Crippen molar-refractivity contribution < 1.29 is 22.7 Å². The van der Waals surface area contributed by atoms with Crippen molar-refractivity contribution in [3.63, 3.8) is 0 Å². The molecule has 0 spiro atoms. The topological polar surface area (TPSA) is 26.3 Å². The van der Waals surface area contributed by atoms with E-state index in [1.807, 2.05) is 6.07 Å². The lowest BCUT2D eigenvalue weighted by Crippen LogP contribution is -2.30. The van der Waals surface area contributed by atoms with Crippen LogP contribution < -0.4 is 4.74 Å². The monoisotopic (exact) mass is 342 g/mol. The quantitative estimate of drug-likeness (QED) is 0.722. The molecule has 0 saturated heterocycles. The molecule has 2 aromatic carbocycles. The predicted octanol–water partition coefficient (Wildman–Crippen LogP) is 4.50. The maximum atomic E-state index is 12.7. The Bertz CT molecular complexity index is 656. The van der Waals surface area contributed by atoms with E-state index in [4.69, 9.17) is 16.3 Å². The summed E-state index contributed by atoms with van der Waals surface area (Å²) in [5.74, 6) is -0.461. The van der Waals surface area contributed by atoms with Gasteiger partial charge in [-0.3, -0.25) is 4.79 Å². The Morgan fingerprint density at radius 2 is 1.78 bits per heavy atom. The largest absolute Gasteiger partial charge is 0.481 e. The molecule has 2 aromatic rings. The van der Waals surface area contributed by atoms with Gasteiger partial charge in [-0.1, -0.05) is 36.4 Å². The second-order valence-electron chi connectivity index (χ2n) is 4.92. The Labute approximate surface area is 136 Å². The summed E-state index contributed by atoms with van der Waals surface area (Å²) in [7, 11) is 0. The van der Waals surface area contributed by atoms with Crippen LogP contribution in [-0.4, -0.2) is 17.8 Å². The van der Waals surface area contributed by atoms with Gasteiger partial charge in [0.2, 0.25) is 0 Å². The van der Waals surface area contributed by atoms with Gasteiger partial charge >= 0.3 is 6.18 Å².